The van der Waals surface area contributed by atoms with Crippen molar-refractivity contribution in [1.82, 2.24) is 0 Å². The molecule has 1 aliphatic heterocycles. The highest BCUT2D eigenvalue weighted by Gasteiger charge is 2.32. The topological polar surface area (TPSA) is 65.0 Å². The molecule has 0 amide bonds. The summed E-state index contributed by atoms with van der Waals surface area (Å²) in [4.78, 5) is 11.2. The van der Waals surface area contributed by atoms with Crippen molar-refractivity contribution in [1.29, 1.82) is 0 Å². The number of aliphatic hydroxyl groups is 1. The molecule has 0 saturated carbocycles. The van der Waals surface area contributed by atoms with Crippen molar-refractivity contribution in [2.24, 2.45) is 5.92 Å². The van der Waals surface area contributed by atoms with Gasteiger partial charge in [0.25, 0.3) is 0 Å². The number of carbonyl (C=O) groups excluding carboxylic acids is 1. The van der Waals surface area contributed by atoms with Crippen molar-refractivity contribution in [3.63, 3.8) is 0 Å². The second-order valence-corrected chi connectivity index (χ2v) is 5.19. The highest BCUT2D eigenvalue weighted by molar-refractivity contribution is 5.71. The van der Waals surface area contributed by atoms with Gasteiger partial charge in [0.1, 0.15) is 6.10 Å². The number of aliphatic hydroxyl groups excluding tert-OH is 1. The van der Waals surface area contributed by atoms with Gasteiger partial charge < -0.3 is 19.3 Å². The molecule has 1 N–H and O–H groups in total. The van der Waals surface area contributed by atoms with Crippen molar-refractivity contribution in [2.75, 3.05) is 26.9 Å². The van der Waals surface area contributed by atoms with Crippen LogP contribution in [0.25, 0.3) is 0 Å². The standard InChI is InChI=1S/C13H24O5/c1-10(12(15)16-3)5-4-6-13(2)9-17-11(7-14)8-18-13/h10-11,14H,4-9H2,1-3H3/t10-,11+,13+/m1/s1. The van der Waals surface area contributed by atoms with Gasteiger partial charge in [0, 0.05) is 0 Å². The molecule has 106 valence electrons. The first-order valence-electron chi connectivity index (χ1n) is 6.45. The second-order valence-electron chi connectivity index (χ2n) is 5.19. The summed E-state index contributed by atoms with van der Waals surface area (Å²) in [6.07, 6.45) is 2.31. The van der Waals surface area contributed by atoms with E-state index in [0.717, 1.165) is 19.3 Å². The van der Waals surface area contributed by atoms with Crippen molar-refractivity contribution in [3.8, 4) is 0 Å². The number of carbonyl (C=O) groups is 1. The number of esters is 1. The summed E-state index contributed by atoms with van der Waals surface area (Å²) < 4.78 is 15.9. The molecule has 0 bridgehead atoms. The lowest BCUT2D eigenvalue weighted by atomic mass is 9.95. The maximum Gasteiger partial charge on any atom is 0.308 e. The molecule has 1 saturated heterocycles. The summed E-state index contributed by atoms with van der Waals surface area (Å²) in [6, 6.07) is 0. The van der Waals surface area contributed by atoms with Crippen LogP contribution in [-0.4, -0.2) is 49.7 Å². The first-order chi connectivity index (χ1) is 8.50. The van der Waals surface area contributed by atoms with Gasteiger partial charge in [-0.15, -0.1) is 0 Å². The monoisotopic (exact) mass is 260 g/mol. The third-order valence-electron chi connectivity index (χ3n) is 3.39. The van der Waals surface area contributed by atoms with E-state index in [2.05, 4.69) is 4.74 Å². The minimum Gasteiger partial charge on any atom is -0.469 e. The van der Waals surface area contributed by atoms with Gasteiger partial charge in [-0.3, -0.25) is 4.79 Å². The lowest BCUT2D eigenvalue weighted by Gasteiger charge is -2.37. The van der Waals surface area contributed by atoms with E-state index < -0.39 is 0 Å². The zero-order valence-corrected chi connectivity index (χ0v) is 11.5. The summed E-state index contributed by atoms with van der Waals surface area (Å²) >= 11 is 0. The number of ether oxygens (including phenoxy) is 3. The van der Waals surface area contributed by atoms with Crippen molar-refractivity contribution < 1.29 is 24.1 Å². The molecule has 0 spiro atoms. The minimum absolute atomic E-state index is 0.00451. The van der Waals surface area contributed by atoms with E-state index in [0.29, 0.717) is 13.2 Å². The molecule has 1 heterocycles. The van der Waals surface area contributed by atoms with Crippen LogP contribution in [0.15, 0.2) is 0 Å². The maximum absolute atomic E-state index is 11.2. The average molecular weight is 260 g/mol. The van der Waals surface area contributed by atoms with Gasteiger partial charge in [-0.25, -0.2) is 0 Å². The van der Waals surface area contributed by atoms with Crippen molar-refractivity contribution in [2.45, 2.75) is 44.8 Å². The smallest absolute Gasteiger partial charge is 0.308 e. The van der Waals surface area contributed by atoms with Gasteiger partial charge >= 0.3 is 5.97 Å². The molecule has 0 radical (unpaired) electrons. The first-order valence-corrected chi connectivity index (χ1v) is 6.45. The largest absolute Gasteiger partial charge is 0.469 e. The molecule has 1 aliphatic rings. The lowest BCUT2D eigenvalue weighted by Crippen LogP contribution is -2.45. The fourth-order valence-electron chi connectivity index (χ4n) is 2.03. The third kappa shape index (κ3) is 4.55. The van der Waals surface area contributed by atoms with Crippen LogP contribution in [0.1, 0.15) is 33.1 Å². The Morgan fingerprint density at radius 1 is 1.61 bits per heavy atom. The van der Waals surface area contributed by atoms with Gasteiger partial charge in [0.05, 0.1) is 38.4 Å². The van der Waals surface area contributed by atoms with E-state index in [1.165, 1.54) is 7.11 Å². The van der Waals surface area contributed by atoms with Crippen LogP contribution in [-0.2, 0) is 19.0 Å². The Hall–Kier alpha value is -0.650. The van der Waals surface area contributed by atoms with Gasteiger partial charge in [-0.2, -0.15) is 0 Å². The van der Waals surface area contributed by atoms with Gasteiger partial charge in [0.2, 0.25) is 0 Å². The zero-order valence-electron chi connectivity index (χ0n) is 11.5. The van der Waals surface area contributed by atoms with E-state index in [1.54, 1.807) is 0 Å². The molecule has 3 atom stereocenters. The molecule has 18 heavy (non-hydrogen) atoms. The third-order valence-corrected chi connectivity index (χ3v) is 3.39. The molecule has 0 aromatic carbocycles. The normalized spacial score (nSPS) is 29.9. The Morgan fingerprint density at radius 2 is 2.33 bits per heavy atom. The van der Waals surface area contributed by atoms with Crippen molar-refractivity contribution in [3.05, 3.63) is 0 Å². The van der Waals surface area contributed by atoms with E-state index in [-0.39, 0.29) is 30.2 Å². The van der Waals surface area contributed by atoms with E-state index >= 15 is 0 Å². The Kier molecular flexibility index (Phi) is 6.05. The van der Waals surface area contributed by atoms with E-state index in [1.807, 2.05) is 13.8 Å². The number of methoxy groups -OCH3 is 1. The summed E-state index contributed by atoms with van der Waals surface area (Å²) in [5.74, 6) is -0.241. The Labute approximate surface area is 108 Å². The molecule has 0 aromatic heterocycles. The molecule has 5 heteroatoms. The Balaban J connectivity index is 2.24. The summed E-state index contributed by atoms with van der Waals surface area (Å²) in [6.45, 7) is 4.79. The fraction of sp³-hybridized carbons (Fsp3) is 0.923. The lowest BCUT2D eigenvalue weighted by molar-refractivity contribution is -0.193. The molecular weight excluding hydrogens is 236 g/mol. The van der Waals surface area contributed by atoms with Crippen LogP contribution in [0.5, 0.6) is 0 Å². The Bertz CT molecular complexity index is 258. The average Bonchev–Trinajstić information content (AvgIpc) is 2.38. The van der Waals surface area contributed by atoms with Crippen LogP contribution >= 0.6 is 0 Å². The van der Waals surface area contributed by atoms with Crippen LogP contribution in [0.2, 0.25) is 0 Å². The van der Waals surface area contributed by atoms with Gasteiger partial charge in [-0.05, 0) is 26.2 Å². The summed E-state index contributed by atoms with van der Waals surface area (Å²) in [5, 5.41) is 8.94. The molecule has 0 unspecified atom stereocenters. The van der Waals surface area contributed by atoms with Crippen LogP contribution in [0, 0.1) is 5.92 Å². The van der Waals surface area contributed by atoms with Crippen LogP contribution in [0.3, 0.4) is 0 Å². The quantitative estimate of drug-likeness (QED) is 0.725. The molecule has 1 rings (SSSR count). The Morgan fingerprint density at radius 3 is 2.83 bits per heavy atom. The molecule has 0 aliphatic carbocycles. The SMILES string of the molecule is COC(=O)[C@H](C)CCC[C@@]1(C)CO[C@@H](CO)CO1. The molecule has 5 nitrogen and oxygen atoms in total. The molecule has 1 fully saturated rings. The van der Waals surface area contributed by atoms with Gasteiger partial charge in [-0.1, -0.05) is 6.92 Å². The fourth-order valence-corrected chi connectivity index (χ4v) is 2.03. The number of rotatable bonds is 6. The molecule has 0 aromatic rings. The minimum atomic E-state index is -0.304. The predicted octanol–water partition coefficient (Wildman–Crippen LogP) is 1.13. The van der Waals surface area contributed by atoms with Gasteiger partial charge in [0.15, 0.2) is 0 Å². The number of hydrogen-bond donors (Lipinski definition) is 1. The number of hydrogen-bond acceptors (Lipinski definition) is 5. The van der Waals surface area contributed by atoms with E-state index in [4.69, 9.17) is 14.6 Å². The maximum atomic E-state index is 11.2. The van der Waals surface area contributed by atoms with Crippen molar-refractivity contribution >= 4 is 5.97 Å². The zero-order chi connectivity index (χ0) is 13.6. The van der Waals surface area contributed by atoms with Crippen LogP contribution in [0.4, 0.5) is 0 Å². The molecular formula is C13H24O5. The van der Waals surface area contributed by atoms with Crippen LogP contribution < -0.4 is 0 Å². The summed E-state index contributed by atoms with van der Waals surface area (Å²) in [7, 11) is 1.41. The highest BCUT2D eigenvalue weighted by Crippen LogP contribution is 2.25. The summed E-state index contributed by atoms with van der Waals surface area (Å²) in [5.41, 5.74) is -0.304. The first kappa shape index (κ1) is 15.4. The predicted molar refractivity (Wildman–Crippen MR) is 66.2 cm³/mol. The van der Waals surface area contributed by atoms with E-state index in [9.17, 15) is 4.79 Å². The second kappa shape index (κ2) is 7.07. The highest BCUT2D eigenvalue weighted by atomic mass is 16.6.